The second kappa shape index (κ2) is 7.42. The van der Waals surface area contributed by atoms with Crippen LogP contribution in [0.2, 0.25) is 0 Å². The lowest BCUT2D eigenvalue weighted by Gasteiger charge is -2.14. The summed E-state index contributed by atoms with van der Waals surface area (Å²) in [5, 5.41) is 5.37. The quantitative estimate of drug-likeness (QED) is 0.356. The molecular formula is C21H19FN4OS2. The molecule has 0 unspecified atom stereocenters. The minimum absolute atomic E-state index is 0.173. The number of fused-ring (bicyclic) bond motifs is 3. The van der Waals surface area contributed by atoms with Crippen molar-refractivity contribution in [2.24, 2.45) is 7.05 Å². The largest absolute Gasteiger partial charge is 0.276 e. The van der Waals surface area contributed by atoms with E-state index in [1.54, 1.807) is 40.4 Å². The fraction of sp³-hybridized carbons (Fsp3) is 0.286. The van der Waals surface area contributed by atoms with E-state index in [0.29, 0.717) is 16.3 Å². The van der Waals surface area contributed by atoms with Crippen molar-refractivity contribution in [3.05, 3.63) is 68.8 Å². The summed E-state index contributed by atoms with van der Waals surface area (Å²) in [5.74, 6) is 0.175. The summed E-state index contributed by atoms with van der Waals surface area (Å²) in [6, 6.07) is 6.39. The SMILES string of the molecule is Cn1cc(CSc2nc3sc4c(c3c(=O)n2-c2ccccc2F)CCCC4)cn1. The summed E-state index contributed by atoms with van der Waals surface area (Å²) >= 11 is 3.04. The van der Waals surface area contributed by atoms with E-state index in [2.05, 4.69) is 5.10 Å². The molecule has 0 amide bonds. The number of para-hydroxylation sites is 1. The van der Waals surface area contributed by atoms with E-state index in [0.717, 1.165) is 41.6 Å². The molecule has 1 aromatic carbocycles. The maximum absolute atomic E-state index is 14.7. The highest BCUT2D eigenvalue weighted by Crippen LogP contribution is 2.35. The Labute approximate surface area is 175 Å². The van der Waals surface area contributed by atoms with E-state index in [1.165, 1.54) is 27.3 Å². The Morgan fingerprint density at radius 3 is 2.86 bits per heavy atom. The van der Waals surface area contributed by atoms with Gasteiger partial charge < -0.3 is 0 Å². The number of aromatic nitrogens is 4. The molecule has 0 bridgehead atoms. The maximum Gasteiger partial charge on any atom is 0.267 e. The Bertz CT molecular complexity index is 1270. The van der Waals surface area contributed by atoms with Crippen LogP contribution in [0.1, 0.15) is 28.8 Å². The summed E-state index contributed by atoms with van der Waals surface area (Å²) in [7, 11) is 1.86. The lowest BCUT2D eigenvalue weighted by atomic mass is 9.97. The molecule has 4 aromatic rings. The normalized spacial score (nSPS) is 13.7. The number of rotatable bonds is 4. The number of hydrogen-bond acceptors (Lipinski definition) is 5. The van der Waals surface area contributed by atoms with Crippen LogP contribution in [0.25, 0.3) is 15.9 Å². The van der Waals surface area contributed by atoms with Gasteiger partial charge in [0.2, 0.25) is 0 Å². The van der Waals surface area contributed by atoms with E-state index in [-0.39, 0.29) is 11.2 Å². The van der Waals surface area contributed by atoms with E-state index in [1.807, 2.05) is 13.2 Å². The van der Waals surface area contributed by atoms with Crippen molar-refractivity contribution in [1.82, 2.24) is 19.3 Å². The van der Waals surface area contributed by atoms with Crippen LogP contribution in [0.5, 0.6) is 0 Å². The van der Waals surface area contributed by atoms with Gasteiger partial charge in [0.15, 0.2) is 5.16 Å². The summed E-state index contributed by atoms with van der Waals surface area (Å²) in [5.41, 5.74) is 2.21. The highest BCUT2D eigenvalue weighted by Gasteiger charge is 2.23. The van der Waals surface area contributed by atoms with Crippen molar-refractivity contribution in [1.29, 1.82) is 0 Å². The molecule has 0 spiro atoms. The second-order valence-corrected chi connectivity index (χ2v) is 9.21. The van der Waals surface area contributed by atoms with Gasteiger partial charge in [-0.1, -0.05) is 23.9 Å². The Balaban J connectivity index is 1.70. The zero-order valence-corrected chi connectivity index (χ0v) is 17.5. The molecular weight excluding hydrogens is 407 g/mol. The lowest BCUT2D eigenvalue weighted by molar-refractivity contribution is 0.608. The first-order chi connectivity index (χ1) is 14.1. The van der Waals surface area contributed by atoms with Crippen LogP contribution in [0.4, 0.5) is 4.39 Å². The standard InChI is InChI=1S/C21H19FN4OS2/c1-25-11-13(10-23-25)12-28-21-24-19-18(14-6-2-5-9-17(14)29-19)20(27)26(21)16-8-4-3-7-15(16)22/h3-4,7-8,10-11H,2,5-6,9,12H2,1H3. The summed E-state index contributed by atoms with van der Waals surface area (Å²) in [6.07, 6.45) is 7.83. The number of benzene rings is 1. The van der Waals surface area contributed by atoms with Crippen molar-refractivity contribution >= 4 is 33.3 Å². The van der Waals surface area contributed by atoms with Crippen molar-refractivity contribution in [3.63, 3.8) is 0 Å². The monoisotopic (exact) mass is 426 g/mol. The molecule has 8 heteroatoms. The predicted octanol–water partition coefficient (Wildman–Crippen LogP) is 4.49. The van der Waals surface area contributed by atoms with E-state index in [4.69, 9.17) is 4.98 Å². The summed E-state index contributed by atoms with van der Waals surface area (Å²) in [4.78, 5) is 20.4. The molecule has 0 saturated heterocycles. The third-order valence-corrected chi connectivity index (χ3v) is 7.37. The number of aryl methyl sites for hydroxylation is 3. The molecule has 1 aliphatic rings. The van der Waals surface area contributed by atoms with Crippen molar-refractivity contribution in [2.75, 3.05) is 0 Å². The van der Waals surface area contributed by atoms with Gasteiger partial charge in [-0.2, -0.15) is 5.10 Å². The first kappa shape index (κ1) is 18.6. The molecule has 0 aliphatic heterocycles. The average molecular weight is 427 g/mol. The van der Waals surface area contributed by atoms with Gasteiger partial charge in [-0.25, -0.2) is 9.37 Å². The zero-order chi connectivity index (χ0) is 20.0. The van der Waals surface area contributed by atoms with Crippen molar-refractivity contribution < 1.29 is 4.39 Å². The van der Waals surface area contributed by atoms with Crippen molar-refractivity contribution in [3.8, 4) is 5.69 Å². The van der Waals surface area contributed by atoms with E-state index in [9.17, 15) is 9.18 Å². The first-order valence-electron chi connectivity index (χ1n) is 9.54. The minimum atomic E-state index is -0.428. The highest BCUT2D eigenvalue weighted by atomic mass is 32.2. The molecule has 148 valence electrons. The average Bonchev–Trinajstić information content (AvgIpc) is 3.30. The van der Waals surface area contributed by atoms with Crippen LogP contribution < -0.4 is 5.56 Å². The molecule has 0 atom stereocenters. The van der Waals surface area contributed by atoms with Gasteiger partial charge in [-0.05, 0) is 43.4 Å². The summed E-state index contributed by atoms with van der Waals surface area (Å²) < 4.78 is 17.8. The van der Waals surface area contributed by atoms with Gasteiger partial charge in [0.05, 0.1) is 17.3 Å². The van der Waals surface area contributed by atoms with E-state index >= 15 is 0 Å². The minimum Gasteiger partial charge on any atom is -0.276 e. The topological polar surface area (TPSA) is 52.7 Å². The first-order valence-corrected chi connectivity index (χ1v) is 11.3. The van der Waals surface area contributed by atoms with E-state index < -0.39 is 5.82 Å². The Hall–Kier alpha value is -2.45. The summed E-state index contributed by atoms with van der Waals surface area (Å²) in [6.45, 7) is 0. The van der Waals surface area contributed by atoms with Gasteiger partial charge in [0.25, 0.3) is 5.56 Å². The molecule has 3 heterocycles. The fourth-order valence-electron chi connectivity index (χ4n) is 3.82. The number of halogens is 1. The Morgan fingerprint density at radius 2 is 2.07 bits per heavy atom. The van der Waals surface area contributed by atoms with Crippen LogP contribution in [0.15, 0.2) is 46.6 Å². The van der Waals surface area contributed by atoms with Crippen LogP contribution in [-0.4, -0.2) is 19.3 Å². The maximum atomic E-state index is 14.7. The van der Waals surface area contributed by atoms with Crippen LogP contribution in [-0.2, 0) is 25.6 Å². The molecule has 29 heavy (non-hydrogen) atoms. The van der Waals surface area contributed by atoms with Gasteiger partial charge >= 0.3 is 0 Å². The smallest absolute Gasteiger partial charge is 0.267 e. The second-order valence-electron chi connectivity index (χ2n) is 7.19. The van der Waals surface area contributed by atoms with Gasteiger partial charge in [-0.3, -0.25) is 14.0 Å². The fourth-order valence-corrected chi connectivity index (χ4v) is 6.04. The van der Waals surface area contributed by atoms with Crippen molar-refractivity contribution in [2.45, 2.75) is 36.6 Å². The molecule has 5 nitrogen and oxygen atoms in total. The molecule has 0 fully saturated rings. The highest BCUT2D eigenvalue weighted by molar-refractivity contribution is 7.98. The van der Waals surface area contributed by atoms with Crippen LogP contribution in [0.3, 0.4) is 0 Å². The molecule has 0 N–H and O–H groups in total. The zero-order valence-electron chi connectivity index (χ0n) is 15.9. The van der Waals surface area contributed by atoms with Gasteiger partial charge in [-0.15, -0.1) is 11.3 Å². The van der Waals surface area contributed by atoms with Crippen LogP contribution in [0, 0.1) is 5.82 Å². The van der Waals surface area contributed by atoms with Gasteiger partial charge in [0.1, 0.15) is 10.6 Å². The molecule has 0 saturated carbocycles. The number of nitrogens with zero attached hydrogens (tertiary/aromatic N) is 4. The predicted molar refractivity (Wildman–Crippen MR) is 115 cm³/mol. The number of hydrogen-bond donors (Lipinski definition) is 0. The molecule has 1 aliphatic carbocycles. The lowest BCUT2D eigenvalue weighted by Crippen LogP contribution is -2.23. The van der Waals surface area contributed by atoms with Gasteiger partial charge in [0, 0.05) is 29.4 Å². The molecule has 5 rings (SSSR count). The molecule has 3 aromatic heterocycles. The third-order valence-electron chi connectivity index (χ3n) is 5.18. The number of thiophene rings is 1. The Morgan fingerprint density at radius 1 is 1.24 bits per heavy atom. The molecule has 0 radical (unpaired) electrons. The Kier molecular flexibility index (Phi) is 4.75. The number of thioether (sulfide) groups is 1. The van der Waals surface area contributed by atoms with Crippen LogP contribution >= 0.6 is 23.1 Å². The third kappa shape index (κ3) is 3.30.